The number of hydrogen-bond acceptors (Lipinski definition) is 3. The van der Waals surface area contributed by atoms with E-state index in [0.717, 1.165) is 24.1 Å². The van der Waals surface area contributed by atoms with Crippen molar-refractivity contribution < 1.29 is 9.84 Å². The van der Waals surface area contributed by atoms with Gasteiger partial charge in [-0.15, -0.1) is 6.58 Å². The molecule has 0 aliphatic carbocycles. The molecule has 2 atom stereocenters. The van der Waals surface area contributed by atoms with Gasteiger partial charge in [0.25, 0.3) is 0 Å². The minimum atomic E-state index is -1.07. The molecule has 3 rings (SSSR count). The Balaban J connectivity index is 1.93. The van der Waals surface area contributed by atoms with Crippen LogP contribution in [0, 0.1) is 0 Å². The molecule has 0 radical (unpaired) electrons. The Kier molecular flexibility index (Phi) is 4.91. The van der Waals surface area contributed by atoms with Crippen LogP contribution >= 0.6 is 0 Å². The summed E-state index contributed by atoms with van der Waals surface area (Å²) in [5.74, 6) is 0. The van der Waals surface area contributed by atoms with Crippen molar-refractivity contribution >= 4 is 0 Å². The van der Waals surface area contributed by atoms with E-state index in [-0.39, 0.29) is 12.1 Å². The van der Waals surface area contributed by atoms with E-state index >= 15 is 0 Å². The molecular weight excluding hydrogens is 286 g/mol. The van der Waals surface area contributed by atoms with E-state index in [1.54, 1.807) is 6.08 Å². The van der Waals surface area contributed by atoms with Crippen molar-refractivity contribution in [3.05, 3.63) is 84.4 Å². The van der Waals surface area contributed by atoms with Gasteiger partial charge < -0.3 is 15.2 Å². The second-order valence-corrected chi connectivity index (χ2v) is 5.94. The normalized spacial score (nSPS) is 21.3. The van der Waals surface area contributed by atoms with E-state index in [1.807, 2.05) is 60.7 Å². The lowest BCUT2D eigenvalue weighted by atomic mass is 9.79. The molecule has 120 valence electrons. The number of hydrogen-bond donors (Lipinski definition) is 2. The van der Waals surface area contributed by atoms with Gasteiger partial charge in [0, 0.05) is 12.6 Å². The maximum atomic E-state index is 11.7. The van der Waals surface area contributed by atoms with Gasteiger partial charge in [-0.1, -0.05) is 66.7 Å². The zero-order valence-electron chi connectivity index (χ0n) is 13.2. The van der Waals surface area contributed by atoms with Crippen molar-refractivity contribution in [2.75, 3.05) is 13.2 Å². The lowest BCUT2D eigenvalue weighted by Gasteiger charge is -2.35. The van der Waals surface area contributed by atoms with Crippen LogP contribution in [-0.2, 0) is 10.3 Å². The third kappa shape index (κ3) is 3.22. The minimum Gasteiger partial charge on any atom is -0.379 e. The molecule has 2 unspecified atom stereocenters. The second-order valence-electron chi connectivity index (χ2n) is 5.94. The van der Waals surface area contributed by atoms with E-state index < -0.39 is 5.60 Å². The largest absolute Gasteiger partial charge is 0.379 e. The van der Waals surface area contributed by atoms with Gasteiger partial charge in [0.2, 0.25) is 0 Å². The van der Waals surface area contributed by atoms with Crippen molar-refractivity contribution in [3.8, 4) is 0 Å². The van der Waals surface area contributed by atoms with E-state index in [0.29, 0.717) is 6.61 Å². The summed E-state index contributed by atoms with van der Waals surface area (Å²) in [4.78, 5) is 0. The van der Waals surface area contributed by atoms with Gasteiger partial charge in [0.05, 0.1) is 12.7 Å². The molecule has 1 aliphatic rings. The average molecular weight is 309 g/mol. The van der Waals surface area contributed by atoms with Crippen LogP contribution in [-0.4, -0.2) is 30.4 Å². The molecule has 23 heavy (non-hydrogen) atoms. The van der Waals surface area contributed by atoms with Gasteiger partial charge in [0.15, 0.2) is 0 Å². The predicted octanol–water partition coefficient (Wildman–Crippen LogP) is 2.86. The zero-order valence-corrected chi connectivity index (χ0v) is 13.2. The molecule has 2 N–H and O–H groups in total. The summed E-state index contributed by atoms with van der Waals surface area (Å²) < 4.78 is 5.76. The van der Waals surface area contributed by atoms with Crippen LogP contribution in [0.4, 0.5) is 0 Å². The Morgan fingerprint density at radius 2 is 1.65 bits per heavy atom. The quantitative estimate of drug-likeness (QED) is 0.806. The highest BCUT2D eigenvalue weighted by atomic mass is 16.5. The first-order valence-corrected chi connectivity index (χ1v) is 8.04. The molecule has 1 aliphatic heterocycles. The molecular formula is C20H23NO2. The molecule has 0 spiro atoms. The molecule has 1 heterocycles. The maximum Gasteiger partial charge on any atom is 0.130 e. The van der Waals surface area contributed by atoms with Gasteiger partial charge in [-0.2, -0.15) is 0 Å². The molecule has 0 saturated carbocycles. The molecule has 3 nitrogen and oxygen atoms in total. The third-order valence-corrected chi connectivity index (χ3v) is 4.47. The lowest BCUT2D eigenvalue weighted by molar-refractivity contribution is 0.0322. The Labute approximate surface area is 137 Å². The van der Waals surface area contributed by atoms with Crippen LogP contribution in [0.25, 0.3) is 0 Å². The highest BCUT2D eigenvalue weighted by Gasteiger charge is 2.44. The summed E-state index contributed by atoms with van der Waals surface area (Å²) in [5, 5.41) is 15.1. The Morgan fingerprint density at radius 1 is 1.09 bits per heavy atom. The van der Waals surface area contributed by atoms with E-state index in [2.05, 4.69) is 11.9 Å². The lowest BCUT2D eigenvalue weighted by Crippen LogP contribution is -2.46. The molecule has 0 bridgehead atoms. The molecule has 1 saturated heterocycles. The van der Waals surface area contributed by atoms with E-state index in [1.165, 1.54) is 0 Å². The van der Waals surface area contributed by atoms with Crippen molar-refractivity contribution in [1.29, 1.82) is 0 Å². The highest BCUT2D eigenvalue weighted by molar-refractivity contribution is 5.38. The van der Waals surface area contributed by atoms with Crippen LogP contribution in [0.15, 0.2) is 73.3 Å². The Bertz CT molecular complexity index is 587. The van der Waals surface area contributed by atoms with Crippen molar-refractivity contribution in [1.82, 2.24) is 5.32 Å². The first-order chi connectivity index (χ1) is 11.2. The number of nitrogens with one attached hydrogen (secondary N) is 1. The van der Waals surface area contributed by atoms with Gasteiger partial charge in [-0.05, 0) is 17.5 Å². The fourth-order valence-electron chi connectivity index (χ4n) is 3.31. The molecule has 2 aromatic rings. The summed E-state index contributed by atoms with van der Waals surface area (Å²) in [5.41, 5.74) is 0.718. The molecule has 0 aromatic heterocycles. The summed E-state index contributed by atoms with van der Waals surface area (Å²) in [6.07, 6.45) is 2.61. The van der Waals surface area contributed by atoms with E-state index in [9.17, 15) is 5.11 Å². The standard InChI is InChI=1S/C20H23NO2/c1-2-13-23-18-14-19(21-15-18)20(22,16-9-5-3-6-10-16)17-11-7-4-8-12-17/h2-12,18-19,21-22H,1,13-15H2. The SMILES string of the molecule is C=CCOC1CNC(C(O)(c2ccccc2)c2ccccc2)C1. The number of rotatable bonds is 6. The summed E-state index contributed by atoms with van der Waals surface area (Å²) >= 11 is 0. The van der Waals surface area contributed by atoms with Gasteiger partial charge in [-0.25, -0.2) is 0 Å². The molecule has 0 amide bonds. The summed E-state index contributed by atoms with van der Waals surface area (Å²) in [6, 6.07) is 19.6. The monoisotopic (exact) mass is 309 g/mol. The van der Waals surface area contributed by atoms with Crippen LogP contribution in [0.1, 0.15) is 17.5 Å². The molecule has 2 aromatic carbocycles. The average Bonchev–Trinajstić information content (AvgIpc) is 3.10. The minimum absolute atomic E-state index is 0.0944. The molecule has 1 fully saturated rings. The fraction of sp³-hybridized carbons (Fsp3) is 0.300. The zero-order chi connectivity index (χ0) is 16.1. The third-order valence-electron chi connectivity index (χ3n) is 4.47. The van der Waals surface area contributed by atoms with Crippen LogP contribution < -0.4 is 5.32 Å². The summed E-state index contributed by atoms with van der Waals surface area (Å²) in [7, 11) is 0. The first kappa shape index (κ1) is 15.9. The van der Waals surface area contributed by atoms with Crippen LogP contribution in [0.3, 0.4) is 0 Å². The van der Waals surface area contributed by atoms with Gasteiger partial charge in [-0.3, -0.25) is 0 Å². The van der Waals surface area contributed by atoms with Gasteiger partial charge in [0.1, 0.15) is 5.60 Å². The predicted molar refractivity (Wildman–Crippen MR) is 92.2 cm³/mol. The Morgan fingerprint density at radius 3 is 2.17 bits per heavy atom. The van der Waals surface area contributed by atoms with Gasteiger partial charge >= 0.3 is 0 Å². The topological polar surface area (TPSA) is 41.5 Å². The van der Waals surface area contributed by atoms with Crippen LogP contribution in [0.2, 0.25) is 0 Å². The number of ether oxygens (including phenoxy) is 1. The molecule has 3 heteroatoms. The van der Waals surface area contributed by atoms with E-state index in [4.69, 9.17) is 4.74 Å². The fourth-order valence-corrected chi connectivity index (χ4v) is 3.31. The maximum absolute atomic E-state index is 11.7. The van der Waals surface area contributed by atoms with Crippen molar-refractivity contribution in [2.45, 2.75) is 24.2 Å². The van der Waals surface area contributed by atoms with Crippen molar-refractivity contribution in [3.63, 3.8) is 0 Å². The summed E-state index contributed by atoms with van der Waals surface area (Å²) in [6.45, 7) is 4.96. The highest BCUT2D eigenvalue weighted by Crippen LogP contribution is 2.36. The smallest absolute Gasteiger partial charge is 0.130 e. The Hall–Kier alpha value is -1.94. The number of aliphatic hydroxyl groups is 1. The van der Waals surface area contributed by atoms with Crippen molar-refractivity contribution in [2.24, 2.45) is 0 Å². The number of benzene rings is 2. The second kappa shape index (κ2) is 7.09. The van der Waals surface area contributed by atoms with Crippen LogP contribution in [0.5, 0.6) is 0 Å². The first-order valence-electron chi connectivity index (χ1n) is 8.04.